The van der Waals surface area contributed by atoms with Crippen molar-refractivity contribution in [3.63, 3.8) is 0 Å². The lowest BCUT2D eigenvalue weighted by Gasteiger charge is -2.24. The Kier molecular flexibility index (Phi) is 14.0. The summed E-state index contributed by atoms with van der Waals surface area (Å²) >= 11 is 0. The van der Waals surface area contributed by atoms with Crippen LogP contribution in [0, 0.1) is 0 Å². The molecule has 0 aliphatic carbocycles. The number of hydrogen-bond acceptors (Lipinski definition) is 8. The minimum Gasteiger partial charge on any atom is -0.481 e. The summed E-state index contributed by atoms with van der Waals surface area (Å²) in [5.41, 5.74) is 11.2. The van der Waals surface area contributed by atoms with Crippen LogP contribution in [-0.4, -0.2) is 81.7 Å². The lowest BCUT2D eigenvalue weighted by atomic mass is 10.1. The van der Waals surface area contributed by atoms with Gasteiger partial charge < -0.3 is 42.7 Å². The van der Waals surface area contributed by atoms with Crippen LogP contribution in [0.5, 0.6) is 0 Å². The van der Waals surface area contributed by atoms with Gasteiger partial charge >= 0.3 is 17.9 Å². The molecular weight excluding hydrogens is 442 g/mol. The minimum absolute atomic E-state index is 0.285. The molecule has 0 saturated heterocycles. The molecule has 188 valence electrons. The van der Waals surface area contributed by atoms with E-state index >= 15 is 0 Å². The predicted molar refractivity (Wildman–Crippen MR) is 114 cm³/mol. The molecule has 14 heteroatoms. The van der Waals surface area contributed by atoms with E-state index < -0.39 is 72.6 Å². The maximum Gasteiger partial charge on any atom is 0.325 e. The molecule has 0 aromatic carbocycles. The Morgan fingerprint density at radius 1 is 0.727 bits per heavy atom. The molecular formula is C19H33N5O9. The number of carbonyl (C=O) groups is 6. The summed E-state index contributed by atoms with van der Waals surface area (Å²) < 4.78 is 0. The van der Waals surface area contributed by atoms with Crippen molar-refractivity contribution in [2.75, 3.05) is 6.54 Å². The van der Waals surface area contributed by atoms with Crippen molar-refractivity contribution in [1.82, 2.24) is 16.0 Å². The molecule has 0 aliphatic heterocycles. The lowest BCUT2D eigenvalue weighted by molar-refractivity contribution is -0.142. The summed E-state index contributed by atoms with van der Waals surface area (Å²) in [6, 6.07) is -5.08. The normalized spacial score (nSPS) is 14.3. The number of nitrogens with one attached hydrogen (secondary N) is 3. The van der Waals surface area contributed by atoms with Crippen molar-refractivity contribution < 1.29 is 44.1 Å². The molecule has 4 atom stereocenters. The zero-order chi connectivity index (χ0) is 25.6. The van der Waals surface area contributed by atoms with E-state index in [1.807, 2.05) is 0 Å². The van der Waals surface area contributed by atoms with Gasteiger partial charge in [0.25, 0.3) is 0 Å². The molecule has 33 heavy (non-hydrogen) atoms. The lowest BCUT2D eigenvalue weighted by Crippen LogP contribution is -2.57. The highest BCUT2D eigenvalue weighted by Gasteiger charge is 2.30. The van der Waals surface area contributed by atoms with E-state index in [0.29, 0.717) is 19.4 Å². The highest BCUT2D eigenvalue weighted by atomic mass is 16.4. The third kappa shape index (κ3) is 13.0. The van der Waals surface area contributed by atoms with Gasteiger partial charge in [-0.05, 0) is 39.2 Å². The largest absolute Gasteiger partial charge is 0.481 e. The molecule has 4 unspecified atom stereocenters. The first-order valence-corrected chi connectivity index (χ1v) is 10.4. The van der Waals surface area contributed by atoms with Gasteiger partial charge in [0.05, 0.1) is 6.04 Å². The van der Waals surface area contributed by atoms with E-state index in [9.17, 15) is 28.8 Å². The van der Waals surface area contributed by atoms with E-state index in [-0.39, 0.29) is 19.3 Å². The summed E-state index contributed by atoms with van der Waals surface area (Å²) in [5.74, 6) is -6.42. The molecule has 0 fully saturated rings. The molecule has 0 aromatic rings. The first-order valence-electron chi connectivity index (χ1n) is 10.4. The Labute approximate surface area is 190 Å². The Morgan fingerprint density at radius 3 is 1.61 bits per heavy atom. The number of amides is 3. The first-order chi connectivity index (χ1) is 15.4. The van der Waals surface area contributed by atoms with E-state index in [2.05, 4.69) is 16.0 Å². The molecule has 0 radical (unpaired) electrons. The number of aliphatic carboxylic acids is 3. The molecule has 0 spiro atoms. The van der Waals surface area contributed by atoms with Crippen LogP contribution in [0.1, 0.15) is 51.9 Å². The maximum atomic E-state index is 12.7. The topological polar surface area (TPSA) is 251 Å². The zero-order valence-corrected chi connectivity index (χ0v) is 18.4. The number of nitrogens with two attached hydrogens (primary N) is 2. The van der Waals surface area contributed by atoms with Crippen LogP contribution >= 0.6 is 0 Å². The fraction of sp³-hybridized carbons (Fsp3) is 0.684. The summed E-state index contributed by atoms with van der Waals surface area (Å²) in [7, 11) is 0. The van der Waals surface area contributed by atoms with Gasteiger partial charge in [-0.15, -0.1) is 0 Å². The molecule has 0 saturated carbocycles. The number of carbonyl (C=O) groups excluding carboxylic acids is 3. The quantitative estimate of drug-likeness (QED) is 0.104. The van der Waals surface area contributed by atoms with Gasteiger partial charge in [-0.25, -0.2) is 0 Å². The number of rotatable bonds is 17. The van der Waals surface area contributed by atoms with E-state index in [4.69, 9.17) is 26.8 Å². The Balaban J connectivity index is 5.39. The van der Waals surface area contributed by atoms with Gasteiger partial charge in [-0.1, -0.05) is 6.42 Å². The van der Waals surface area contributed by atoms with Gasteiger partial charge in [0.1, 0.15) is 18.1 Å². The average Bonchev–Trinajstić information content (AvgIpc) is 2.73. The van der Waals surface area contributed by atoms with Crippen molar-refractivity contribution in [2.45, 2.75) is 76.0 Å². The second kappa shape index (κ2) is 15.5. The van der Waals surface area contributed by atoms with Crippen LogP contribution in [-0.2, 0) is 28.8 Å². The second-order valence-corrected chi connectivity index (χ2v) is 7.45. The summed E-state index contributed by atoms with van der Waals surface area (Å²) in [5, 5.41) is 33.5. The SMILES string of the molecule is CC(NC(=O)C(CCC(=O)O)NC(=O)C(CCC(=O)O)NC(=O)C(N)CCCCN)C(=O)O. The molecule has 10 N–H and O–H groups in total. The summed E-state index contributed by atoms with van der Waals surface area (Å²) in [4.78, 5) is 70.3. The van der Waals surface area contributed by atoms with Crippen molar-refractivity contribution in [1.29, 1.82) is 0 Å². The highest BCUT2D eigenvalue weighted by Crippen LogP contribution is 2.05. The van der Waals surface area contributed by atoms with Crippen molar-refractivity contribution in [2.24, 2.45) is 11.5 Å². The van der Waals surface area contributed by atoms with Crippen LogP contribution in [0.3, 0.4) is 0 Å². The standard InChI is InChI=1S/C19H33N5O9/c1-10(19(32)33)22-17(30)12(5-7-14(25)26)24-18(31)13(6-8-15(27)28)23-16(29)11(21)4-2-3-9-20/h10-13H,2-9,20-21H2,1H3,(H,22,30)(H,23,29)(H,24,31)(H,25,26)(H,27,28)(H,32,33). The summed E-state index contributed by atoms with van der Waals surface area (Å²) in [6.07, 6.45) is -0.193. The fourth-order valence-corrected chi connectivity index (χ4v) is 2.64. The third-order valence-corrected chi connectivity index (χ3v) is 4.59. The predicted octanol–water partition coefficient (Wildman–Crippen LogP) is -2.27. The van der Waals surface area contributed by atoms with Gasteiger partial charge in [-0.3, -0.25) is 28.8 Å². The van der Waals surface area contributed by atoms with E-state index in [1.165, 1.54) is 6.92 Å². The fourth-order valence-electron chi connectivity index (χ4n) is 2.64. The number of hydrogen-bond donors (Lipinski definition) is 8. The smallest absolute Gasteiger partial charge is 0.325 e. The van der Waals surface area contributed by atoms with Crippen LogP contribution in [0.25, 0.3) is 0 Å². The van der Waals surface area contributed by atoms with Gasteiger partial charge in [0.15, 0.2) is 0 Å². The molecule has 0 rings (SSSR count). The minimum atomic E-state index is -1.43. The third-order valence-electron chi connectivity index (χ3n) is 4.59. The maximum absolute atomic E-state index is 12.7. The molecule has 0 aliphatic rings. The zero-order valence-electron chi connectivity index (χ0n) is 18.4. The monoisotopic (exact) mass is 475 g/mol. The van der Waals surface area contributed by atoms with Crippen LogP contribution < -0.4 is 27.4 Å². The summed E-state index contributed by atoms with van der Waals surface area (Å²) in [6.45, 7) is 1.59. The molecule has 14 nitrogen and oxygen atoms in total. The van der Waals surface area contributed by atoms with Crippen LogP contribution in [0.4, 0.5) is 0 Å². The Hall–Kier alpha value is -3.26. The molecule has 3 amide bonds. The number of carboxylic acids is 3. The average molecular weight is 475 g/mol. The van der Waals surface area contributed by atoms with Crippen LogP contribution in [0.15, 0.2) is 0 Å². The van der Waals surface area contributed by atoms with Gasteiger partial charge in [0, 0.05) is 12.8 Å². The van der Waals surface area contributed by atoms with E-state index in [1.54, 1.807) is 0 Å². The Bertz CT molecular complexity index is 716. The van der Waals surface area contributed by atoms with Crippen molar-refractivity contribution in [3.05, 3.63) is 0 Å². The van der Waals surface area contributed by atoms with E-state index in [0.717, 1.165) is 0 Å². The van der Waals surface area contributed by atoms with Crippen molar-refractivity contribution in [3.8, 4) is 0 Å². The first kappa shape index (κ1) is 29.7. The van der Waals surface area contributed by atoms with Gasteiger partial charge in [0.2, 0.25) is 17.7 Å². The Morgan fingerprint density at radius 2 is 1.18 bits per heavy atom. The second-order valence-electron chi connectivity index (χ2n) is 7.45. The molecule has 0 heterocycles. The molecule has 0 aromatic heterocycles. The highest BCUT2D eigenvalue weighted by molar-refractivity contribution is 5.94. The molecule has 0 bridgehead atoms. The number of carboxylic acid groups (broad SMARTS) is 3. The van der Waals surface area contributed by atoms with Crippen LogP contribution in [0.2, 0.25) is 0 Å². The van der Waals surface area contributed by atoms with Gasteiger partial charge in [-0.2, -0.15) is 0 Å². The van der Waals surface area contributed by atoms with Crippen molar-refractivity contribution >= 4 is 35.6 Å². The number of unbranched alkanes of at least 4 members (excludes halogenated alkanes) is 1.